The molecule has 2 nitrogen and oxygen atoms in total. The number of fused-ring (bicyclic) bond motifs is 10. The molecular formula is C41H26N2. The Hall–Kier alpha value is -5.60. The highest BCUT2D eigenvalue weighted by Crippen LogP contribution is 2.62. The van der Waals surface area contributed by atoms with Crippen molar-refractivity contribution in [2.24, 2.45) is 0 Å². The maximum Gasteiger partial charge on any atom is 0.0753 e. The molecule has 2 heteroatoms. The SMILES string of the molecule is c1ccc(-c2cc(-c3ccc4c(c3)C3(c5ccccc5-4)c4ccccc4-c4ncccc43)cc(-c3ccccc3)n2)cc1. The van der Waals surface area contributed by atoms with Gasteiger partial charge in [-0.2, -0.15) is 0 Å². The molecule has 0 saturated heterocycles. The quantitative estimate of drug-likeness (QED) is 0.220. The van der Waals surface area contributed by atoms with Gasteiger partial charge in [0.1, 0.15) is 0 Å². The number of nitrogens with zero attached hydrogens (tertiary/aromatic N) is 2. The van der Waals surface area contributed by atoms with Crippen LogP contribution < -0.4 is 0 Å². The summed E-state index contributed by atoms with van der Waals surface area (Å²) in [4.78, 5) is 10.1. The molecule has 1 atom stereocenters. The molecule has 0 amide bonds. The fourth-order valence-electron chi connectivity index (χ4n) is 7.33. The summed E-state index contributed by atoms with van der Waals surface area (Å²) < 4.78 is 0. The van der Waals surface area contributed by atoms with Gasteiger partial charge in [-0.15, -0.1) is 0 Å². The summed E-state index contributed by atoms with van der Waals surface area (Å²) in [5.74, 6) is 0. The highest BCUT2D eigenvalue weighted by Gasteiger charge is 2.52. The molecule has 5 aromatic carbocycles. The smallest absolute Gasteiger partial charge is 0.0753 e. The van der Waals surface area contributed by atoms with E-state index in [4.69, 9.17) is 9.97 Å². The summed E-state index contributed by atoms with van der Waals surface area (Å²) >= 11 is 0. The molecule has 0 aliphatic heterocycles. The lowest BCUT2D eigenvalue weighted by molar-refractivity contribution is 0.791. The zero-order chi connectivity index (χ0) is 28.4. The van der Waals surface area contributed by atoms with E-state index in [2.05, 4.69) is 152 Å². The molecule has 0 radical (unpaired) electrons. The van der Waals surface area contributed by atoms with Crippen LogP contribution in [0.1, 0.15) is 22.3 Å². The summed E-state index contributed by atoms with van der Waals surface area (Å²) in [6, 6.07) is 54.5. The third-order valence-corrected chi connectivity index (χ3v) is 9.14. The molecule has 43 heavy (non-hydrogen) atoms. The first-order valence-electron chi connectivity index (χ1n) is 14.8. The number of rotatable bonds is 3. The topological polar surface area (TPSA) is 25.8 Å². The summed E-state index contributed by atoms with van der Waals surface area (Å²) in [7, 11) is 0. The molecule has 2 heterocycles. The van der Waals surface area contributed by atoms with Crippen LogP contribution >= 0.6 is 0 Å². The van der Waals surface area contributed by atoms with E-state index >= 15 is 0 Å². The van der Waals surface area contributed by atoms with Crippen LogP contribution in [0.5, 0.6) is 0 Å². The summed E-state index contributed by atoms with van der Waals surface area (Å²) in [6.07, 6.45) is 1.92. The Labute approximate surface area is 251 Å². The van der Waals surface area contributed by atoms with E-state index in [0.29, 0.717) is 0 Å². The zero-order valence-electron chi connectivity index (χ0n) is 23.4. The molecule has 0 bridgehead atoms. The van der Waals surface area contributed by atoms with Crippen LogP contribution in [0, 0.1) is 0 Å². The van der Waals surface area contributed by atoms with Gasteiger partial charge in [0.25, 0.3) is 0 Å². The minimum atomic E-state index is -0.417. The minimum Gasteiger partial charge on any atom is -0.256 e. The van der Waals surface area contributed by atoms with Gasteiger partial charge in [-0.05, 0) is 68.8 Å². The van der Waals surface area contributed by atoms with Crippen LogP contribution in [0.3, 0.4) is 0 Å². The maximum atomic E-state index is 5.13. The van der Waals surface area contributed by atoms with Gasteiger partial charge in [0.15, 0.2) is 0 Å². The first-order valence-corrected chi connectivity index (χ1v) is 14.8. The van der Waals surface area contributed by atoms with Crippen LogP contribution in [0.4, 0.5) is 0 Å². The Kier molecular flexibility index (Phi) is 5.15. The highest BCUT2D eigenvalue weighted by molar-refractivity contribution is 5.95. The second-order valence-corrected chi connectivity index (χ2v) is 11.4. The van der Waals surface area contributed by atoms with Gasteiger partial charge in [-0.3, -0.25) is 4.98 Å². The highest BCUT2D eigenvalue weighted by atomic mass is 14.7. The number of hydrogen-bond acceptors (Lipinski definition) is 2. The van der Waals surface area contributed by atoms with E-state index in [1.807, 2.05) is 6.20 Å². The number of benzene rings is 5. The summed E-state index contributed by atoms with van der Waals surface area (Å²) in [5, 5.41) is 0. The Bertz CT molecular complexity index is 2060. The van der Waals surface area contributed by atoms with Crippen LogP contribution in [-0.4, -0.2) is 9.97 Å². The van der Waals surface area contributed by atoms with Gasteiger partial charge in [0.2, 0.25) is 0 Å². The molecular weight excluding hydrogens is 520 g/mol. The lowest BCUT2D eigenvalue weighted by Gasteiger charge is -2.30. The van der Waals surface area contributed by atoms with E-state index in [-0.39, 0.29) is 0 Å². The van der Waals surface area contributed by atoms with Gasteiger partial charge >= 0.3 is 0 Å². The first-order chi connectivity index (χ1) is 21.3. The number of aromatic nitrogens is 2. The Morgan fingerprint density at radius 1 is 0.372 bits per heavy atom. The predicted octanol–water partition coefficient (Wildman–Crippen LogP) is 9.82. The monoisotopic (exact) mass is 546 g/mol. The van der Waals surface area contributed by atoms with Crippen molar-refractivity contribution in [2.45, 2.75) is 5.41 Å². The molecule has 1 spiro atoms. The van der Waals surface area contributed by atoms with Gasteiger partial charge in [0.05, 0.1) is 22.5 Å². The molecule has 200 valence electrons. The van der Waals surface area contributed by atoms with Crippen molar-refractivity contribution in [3.63, 3.8) is 0 Å². The van der Waals surface area contributed by atoms with E-state index < -0.39 is 5.41 Å². The lowest BCUT2D eigenvalue weighted by Crippen LogP contribution is -2.25. The van der Waals surface area contributed by atoms with Crippen molar-refractivity contribution in [1.82, 2.24) is 9.97 Å². The van der Waals surface area contributed by atoms with E-state index in [9.17, 15) is 0 Å². The molecule has 9 rings (SSSR count). The average Bonchev–Trinajstić information content (AvgIpc) is 3.56. The molecule has 2 aliphatic rings. The van der Waals surface area contributed by atoms with Crippen molar-refractivity contribution in [3.05, 3.63) is 180 Å². The minimum absolute atomic E-state index is 0.417. The van der Waals surface area contributed by atoms with Crippen molar-refractivity contribution in [1.29, 1.82) is 0 Å². The normalized spacial score (nSPS) is 15.5. The van der Waals surface area contributed by atoms with Crippen molar-refractivity contribution >= 4 is 0 Å². The molecule has 1 unspecified atom stereocenters. The molecule has 7 aromatic rings. The Morgan fingerprint density at radius 2 is 0.930 bits per heavy atom. The fourth-order valence-corrected chi connectivity index (χ4v) is 7.33. The lowest BCUT2D eigenvalue weighted by atomic mass is 9.70. The predicted molar refractivity (Wildman–Crippen MR) is 175 cm³/mol. The molecule has 0 fully saturated rings. The third-order valence-electron chi connectivity index (χ3n) is 9.14. The van der Waals surface area contributed by atoms with Crippen LogP contribution in [-0.2, 0) is 5.41 Å². The second-order valence-electron chi connectivity index (χ2n) is 11.4. The van der Waals surface area contributed by atoms with Crippen molar-refractivity contribution in [3.8, 4) is 56.0 Å². The van der Waals surface area contributed by atoms with Gasteiger partial charge in [-0.1, -0.05) is 127 Å². The number of pyridine rings is 2. The third kappa shape index (κ3) is 3.41. The van der Waals surface area contributed by atoms with Crippen molar-refractivity contribution < 1.29 is 0 Å². The Morgan fingerprint density at radius 3 is 1.63 bits per heavy atom. The van der Waals surface area contributed by atoms with E-state index in [1.54, 1.807) is 0 Å². The largest absolute Gasteiger partial charge is 0.256 e. The molecule has 0 N–H and O–H groups in total. The van der Waals surface area contributed by atoms with Gasteiger partial charge in [-0.25, -0.2) is 4.98 Å². The standard InChI is InChI=1S/C41H26N2/c1-3-12-27(13-4-1)38-25-30(26-39(43-38)28-14-5-2-6-15-28)29-21-22-32-31-16-7-9-18-34(31)41(37(32)24-29)35-19-10-8-17-33(35)40-36(41)20-11-23-42-40/h1-26H. The molecule has 2 aromatic heterocycles. The number of hydrogen-bond donors (Lipinski definition) is 0. The average molecular weight is 547 g/mol. The summed E-state index contributed by atoms with van der Waals surface area (Å²) in [6.45, 7) is 0. The first kappa shape index (κ1) is 24.0. The molecule has 2 aliphatic carbocycles. The van der Waals surface area contributed by atoms with Gasteiger partial charge in [0, 0.05) is 22.9 Å². The van der Waals surface area contributed by atoms with Gasteiger partial charge < -0.3 is 0 Å². The summed E-state index contributed by atoms with van der Waals surface area (Å²) in [5.41, 5.74) is 16.1. The molecule has 0 saturated carbocycles. The Balaban J connectivity index is 1.32. The van der Waals surface area contributed by atoms with Crippen molar-refractivity contribution in [2.75, 3.05) is 0 Å². The van der Waals surface area contributed by atoms with E-state index in [1.165, 1.54) is 44.5 Å². The van der Waals surface area contributed by atoms with Crippen LogP contribution in [0.15, 0.2) is 158 Å². The van der Waals surface area contributed by atoms with E-state index in [0.717, 1.165) is 33.8 Å². The maximum absolute atomic E-state index is 5.13. The van der Waals surface area contributed by atoms with Crippen LogP contribution in [0.25, 0.3) is 56.0 Å². The van der Waals surface area contributed by atoms with Crippen LogP contribution in [0.2, 0.25) is 0 Å². The second kappa shape index (κ2) is 9.20. The zero-order valence-corrected chi connectivity index (χ0v) is 23.4. The fraction of sp³-hybridized carbons (Fsp3) is 0.0244.